The molecule has 2 aromatic rings. The third kappa shape index (κ3) is 2.79. The minimum Gasteiger partial charge on any atom is -0.351 e. The van der Waals surface area contributed by atoms with E-state index in [1.165, 1.54) is 19.4 Å². The molecule has 3 aliphatic heterocycles. The molecule has 0 spiro atoms. The molecular weight excluding hydrogens is 286 g/mol. The summed E-state index contributed by atoms with van der Waals surface area (Å²) in [5.74, 6) is 0.640. The van der Waals surface area contributed by atoms with Gasteiger partial charge in [-0.05, 0) is 49.9 Å². The average Bonchev–Trinajstić information content (AvgIpc) is 3.07. The fourth-order valence-electron chi connectivity index (χ4n) is 4.02. The molecule has 3 unspecified atom stereocenters. The first-order chi connectivity index (χ1) is 11.2. The monoisotopic (exact) mass is 309 g/mol. The minimum absolute atomic E-state index is 0.0126. The second-order valence-electron chi connectivity index (χ2n) is 6.86. The lowest BCUT2D eigenvalue weighted by Gasteiger charge is -2.48. The van der Waals surface area contributed by atoms with Gasteiger partial charge >= 0.3 is 0 Å². The van der Waals surface area contributed by atoms with Gasteiger partial charge in [0.1, 0.15) is 5.69 Å². The molecular formula is C19H23N3O. The highest BCUT2D eigenvalue weighted by molar-refractivity contribution is 5.93. The molecule has 5 rings (SSSR count). The zero-order valence-corrected chi connectivity index (χ0v) is 13.5. The van der Waals surface area contributed by atoms with E-state index in [2.05, 4.69) is 22.1 Å². The summed E-state index contributed by atoms with van der Waals surface area (Å²) in [6, 6.07) is 14.9. The summed E-state index contributed by atoms with van der Waals surface area (Å²) in [6.45, 7) is 4.46. The third-order valence-corrected chi connectivity index (χ3v) is 5.39. The smallest absolute Gasteiger partial charge is 0.267 e. The number of fused-ring (bicyclic) bond motifs is 3. The molecule has 1 aromatic carbocycles. The Balaban J connectivity index is 1.45. The Kier molecular flexibility index (Phi) is 3.69. The largest absolute Gasteiger partial charge is 0.351 e. The van der Waals surface area contributed by atoms with Crippen LogP contribution in [0.4, 0.5) is 0 Å². The minimum atomic E-state index is 0.0126. The number of hydrogen-bond donors (Lipinski definition) is 2. The predicted molar refractivity (Wildman–Crippen MR) is 91.2 cm³/mol. The number of carbonyl (C=O) groups excluding carboxylic acids is 1. The molecule has 23 heavy (non-hydrogen) atoms. The Hall–Kier alpha value is -2.07. The van der Waals surface area contributed by atoms with Crippen molar-refractivity contribution in [2.75, 3.05) is 13.1 Å². The molecule has 0 saturated carbocycles. The number of nitrogens with one attached hydrogen (secondary N) is 2. The van der Waals surface area contributed by atoms with Crippen molar-refractivity contribution >= 4 is 5.91 Å². The number of benzene rings is 1. The molecule has 3 saturated heterocycles. The molecule has 3 aliphatic rings. The zero-order chi connectivity index (χ0) is 15.8. The van der Waals surface area contributed by atoms with Crippen molar-refractivity contribution in [3.05, 3.63) is 48.2 Å². The third-order valence-electron chi connectivity index (χ3n) is 5.39. The molecule has 3 fully saturated rings. The normalized spacial score (nSPS) is 29.4. The highest BCUT2D eigenvalue weighted by Crippen LogP contribution is 2.32. The summed E-state index contributed by atoms with van der Waals surface area (Å²) < 4.78 is 0. The number of amides is 1. The van der Waals surface area contributed by atoms with Gasteiger partial charge in [0.15, 0.2) is 0 Å². The van der Waals surface area contributed by atoms with Gasteiger partial charge in [0.05, 0.1) is 0 Å². The number of aromatic nitrogens is 1. The molecule has 4 heteroatoms. The summed E-state index contributed by atoms with van der Waals surface area (Å²) in [6.07, 6.45) is 2.40. The Labute approximate surface area is 136 Å². The zero-order valence-electron chi connectivity index (χ0n) is 13.5. The number of H-pyrrole nitrogens is 1. The Morgan fingerprint density at radius 3 is 2.74 bits per heavy atom. The summed E-state index contributed by atoms with van der Waals surface area (Å²) in [4.78, 5) is 18.3. The van der Waals surface area contributed by atoms with E-state index in [0.717, 1.165) is 17.8 Å². The van der Waals surface area contributed by atoms with Gasteiger partial charge in [0.25, 0.3) is 5.91 Å². The standard InChI is InChI=1S/C19H23N3O/c1-13-11-15-9-10-22(13)12-18(15)21-19(23)17-8-7-16(20-17)14-5-3-2-4-6-14/h2-8,13,15,18,20H,9-12H2,1H3,(H,21,23)/t13?,15?,18-/m0/s1. The molecule has 4 nitrogen and oxygen atoms in total. The van der Waals surface area contributed by atoms with Crippen LogP contribution in [0.15, 0.2) is 42.5 Å². The maximum absolute atomic E-state index is 12.6. The van der Waals surface area contributed by atoms with Crippen LogP contribution in [0.2, 0.25) is 0 Å². The van der Waals surface area contributed by atoms with Gasteiger partial charge in [0, 0.05) is 24.3 Å². The number of piperidine rings is 3. The fraction of sp³-hybridized carbons (Fsp3) is 0.421. The van der Waals surface area contributed by atoms with E-state index in [-0.39, 0.29) is 11.9 Å². The second-order valence-corrected chi connectivity index (χ2v) is 6.86. The van der Waals surface area contributed by atoms with Crippen LogP contribution < -0.4 is 5.32 Å². The Morgan fingerprint density at radius 2 is 2.04 bits per heavy atom. The van der Waals surface area contributed by atoms with Gasteiger partial charge in [0.2, 0.25) is 0 Å². The number of rotatable bonds is 3. The molecule has 4 atom stereocenters. The van der Waals surface area contributed by atoms with Crippen LogP contribution in [0.25, 0.3) is 11.3 Å². The molecule has 1 amide bonds. The Bertz CT molecular complexity index is 694. The van der Waals surface area contributed by atoms with E-state index >= 15 is 0 Å². The molecule has 1 aromatic heterocycles. The van der Waals surface area contributed by atoms with Crippen molar-refractivity contribution in [2.24, 2.45) is 5.92 Å². The van der Waals surface area contributed by atoms with Gasteiger partial charge in [-0.15, -0.1) is 0 Å². The van der Waals surface area contributed by atoms with E-state index in [9.17, 15) is 4.79 Å². The van der Waals surface area contributed by atoms with E-state index < -0.39 is 0 Å². The van der Waals surface area contributed by atoms with Crippen molar-refractivity contribution in [2.45, 2.75) is 31.8 Å². The first-order valence-electron chi connectivity index (χ1n) is 8.50. The van der Waals surface area contributed by atoms with E-state index in [4.69, 9.17) is 0 Å². The highest BCUT2D eigenvalue weighted by atomic mass is 16.2. The van der Waals surface area contributed by atoms with Crippen molar-refractivity contribution in [1.29, 1.82) is 0 Å². The lowest BCUT2D eigenvalue weighted by molar-refractivity contribution is 0.0273. The summed E-state index contributed by atoms with van der Waals surface area (Å²) in [7, 11) is 0. The van der Waals surface area contributed by atoms with Gasteiger partial charge in [-0.25, -0.2) is 0 Å². The van der Waals surface area contributed by atoms with E-state index in [1.807, 2.05) is 42.5 Å². The van der Waals surface area contributed by atoms with Crippen LogP contribution in [0.1, 0.15) is 30.3 Å². The molecule has 2 bridgehead atoms. The van der Waals surface area contributed by atoms with Crippen molar-refractivity contribution in [3.8, 4) is 11.3 Å². The van der Waals surface area contributed by atoms with Crippen molar-refractivity contribution in [1.82, 2.24) is 15.2 Å². The summed E-state index contributed by atoms with van der Waals surface area (Å²) in [5, 5.41) is 3.24. The first kappa shape index (κ1) is 14.5. The number of nitrogens with zero attached hydrogens (tertiary/aromatic N) is 1. The Morgan fingerprint density at radius 1 is 1.22 bits per heavy atom. The summed E-state index contributed by atoms with van der Waals surface area (Å²) in [5.41, 5.74) is 2.73. The number of carbonyl (C=O) groups is 1. The van der Waals surface area contributed by atoms with E-state index in [1.54, 1.807) is 0 Å². The van der Waals surface area contributed by atoms with Crippen LogP contribution in [0.5, 0.6) is 0 Å². The average molecular weight is 309 g/mol. The van der Waals surface area contributed by atoms with Crippen molar-refractivity contribution in [3.63, 3.8) is 0 Å². The lowest BCUT2D eigenvalue weighted by Crippen LogP contribution is -2.60. The molecule has 120 valence electrons. The predicted octanol–water partition coefficient (Wildman–Crippen LogP) is 2.89. The lowest BCUT2D eigenvalue weighted by atomic mass is 9.80. The van der Waals surface area contributed by atoms with Crippen LogP contribution >= 0.6 is 0 Å². The fourth-order valence-corrected chi connectivity index (χ4v) is 4.02. The van der Waals surface area contributed by atoms with Gasteiger partial charge in [-0.1, -0.05) is 30.3 Å². The number of aromatic amines is 1. The van der Waals surface area contributed by atoms with Crippen LogP contribution in [-0.2, 0) is 0 Å². The van der Waals surface area contributed by atoms with Crippen LogP contribution in [-0.4, -0.2) is 41.0 Å². The van der Waals surface area contributed by atoms with Crippen molar-refractivity contribution < 1.29 is 4.79 Å². The van der Waals surface area contributed by atoms with Gasteiger partial charge in [-0.2, -0.15) is 0 Å². The van der Waals surface area contributed by atoms with Gasteiger partial charge in [-0.3, -0.25) is 9.69 Å². The van der Waals surface area contributed by atoms with Crippen LogP contribution in [0, 0.1) is 5.92 Å². The van der Waals surface area contributed by atoms with Crippen LogP contribution in [0.3, 0.4) is 0 Å². The second kappa shape index (κ2) is 5.85. The van der Waals surface area contributed by atoms with E-state index in [0.29, 0.717) is 17.7 Å². The number of hydrogen-bond acceptors (Lipinski definition) is 2. The van der Waals surface area contributed by atoms with Gasteiger partial charge < -0.3 is 10.3 Å². The first-order valence-corrected chi connectivity index (χ1v) is 8.50. The molecule has 4 heterocycles. The molecule has 2 N–H and O–H groups in total. The maximum atomic E-state index is 12.6. The summed E-state index contributed by atoms with van der Waals surface area (Å²) >= 11 is 0. The quantitative estimate of drug-likeness (QED) is 0.916. The topological polar surface area (TPSA) is 48.1 Å². The molecule has 0 radical (unpaired) electrons. The maximum Gasteiger partial charge on any atom is 0.267 e. The highest BCUT2D eigenvalue weighted by Gasteiger charge is 2.38. The SMILES string of the molecule is CC1CC2CCN1C[C@@H]2NC(=O)c1ccc(-c2ccccc2)[nH]1. The molecule has 0 aliphatic carbocycles.